The van der Waals surface area contributed by atoms with Gasteiger partial charge in [0.1, 0.15) is 6.04 Å². The first-order chi connectivity index (χ1) is 9.08. The van der Waals surface area contributed by atoms with E-state index in [2.05, 4.69) is 22.2 Å². The van der Waals surface area contributed by atoms with Crippen LogP contribution < -0.4 is 10.5 Å². The number of aryl methyl sites for hydroxylation is 3. The Bertz CT molecular complexity index is 560. The average Bonchev–Trinajstić information content (AvgIpc) is 2.93. The van der Waals surface area contributed by atoms with Gasteiger partial charge in [-0.1, -0.05) is 12.1 Å². The minimum Gasteiger partial charge on any atom is -0.481 e. The highest BCUT2D eigenvalue weighted by Gasteiger charge is 2.25. The Morgan fingerprint density at radius 2 is 2.21 bits per heavy atom. The lowest BCUT2D eigenvalue weighted by molar-refractivity contribution is 0.362. The van der Waals surface area contributed by atoms with Crippen molar-refractivity contribution in [2.75, 3.05) is 7.11 Å². The maximum absolute atomic E-state index is 6.20. The first-order valence-electron chi connectivity index (χ1n) is 6.24. The summed E-state index contributed by atoms with van der Waals surface area (Å²) in [6.45, 7) is 3.93. The zero-order valence-corrected chi connectivity index (χ0v) is 11.7. The molecule has 2 rings (SSSR count). The first-order valence-corrected chi connectivity index (χ1v) is 6.24. The smallest absolute Gasteiger partial charge is 0.226 e. The molecule has 0 amide bonds. The highest BCUT2D eigenvalue weighted by Crippen LogP contribution is 2.29. The summed E-state index contributed by atoms with van der Waals surface area (Å²) >= 11 is 0. The number of aromatic nitrogens is 4. The van der Waals surface area contributed by atoms with Crippen molar-refractivity contribution in [1.82, 2.24) is 19.9 Å². The number of hydrogen-bond donors (Lipinski definition) is 1. The zero-order valence-electron chi connectivity index (χ0n) is 11.7. The molecule has 0 saturated heterocycles. The van der Waals surface area contributed by atoms with Crippen molar-refractivity contribution in [2.24, 2.45) is 12.8 Å². The largest absolute Gasteiger partial charge is 0.481 e. The molecule has 2 aromatic rings. The van der Waals surface area contributed by atoms with Crippen LogP contribution in [0.4, 0.5) is 0 Å². The van der Waals surface area contributed by atoms with Gasteiger partial charge >= 0.3 is 0 Å². The third-order valence-corrected chi connectivity index (χ3v) is 2.94. The Balaban J connectivity index is 2.35. The average molecular weight is 265 g/mol. The van der Waals surface area contributed by atoms with E-state index in [4.69, 9.17) is 15.0 Å². The minimum absolute atomic E-state index is 0.456. The van der Waals surface area contributed by atoms with Crippen molar-refractivity contribution in [3.05, 3.63) is 23.0 Å². The molecule has 0 fully saturated rings. The summed E-state index contributed by atoms with van der Waals surface area (Å²) in [6, 6.07) is -0.502. The van der Waals surface area contributed by atoms with Gasteiger partial charge < -0.3 is 15.0 Å². The highest BCUT2D eigenvalue weighted by molar-refractivity contribution is 5.37. The Labute approximate surface area is 111 Å². The van der Waals surface area contributed by atoms with Gasteiger partial charge in [-0.2, -0.15) is 10.1 Å². The highest BCUT2D eigenvalue weighted by atomic mass is 16.5. The second-order valence-electron chi connectivity index (χ2n) is 4.41. The normalized spacial score (nSPS) is 12.7. The number of methoxy groups -OCH3 is 1. The van der Waals surface area contributed by atoms with Crippen LogP contribution in [0.2, 0.25) is 0 Å². The molecular weight excluding hydrogens is 246 g/mol. The molecule has 2 N–H and O–H groups in total. The SMILES string of the molecule is CCCc1nc(C(N)c2c(C)nn(C)c2OC)no1. The van der Waals surface area contributed by atoms with Gasteiger partial charge in [0.05, 0.1) is 18.4 Å². The fraction of sp³-hybridized carbons (Fsp3) is 0.583. The number of hydrogen-bond acceptors (Lipinski definition) is 6. The number of nitrogens with zero attached hydrogens (tertiary/aromatic N) is 4. The summed E-state index contributed by atoms with van der Waals surface area (Å²) < 4.78 is 12.1. The fourth-order valence-corrected chi connectivity index (χ4v) is 2.09. The van der Waals surface area contributed by atoms with E-state index in [9.17, 15) is 0 Å². The second kappa shape index (κ2) is 5.40. The summed E-state index contributed by atoms with van der Waals surface area (Å²) in [6.07, 6.45) is 1.70. The number of nitrogens with two attached hydrogens (primary N) is 1. The Morgan fingerprint density at radius 3 is 2.84 bits per heavy atom. The van der Waals surface area contributed by atoms with E-state index in [0.717, 1.165) is 24.1 Å². The van der Waals surface area contributed by atoms with Crippen LogP contribution in [-0.2, 0) is 13.5 Å². The molecule has 104 valence electrons. The molecule has 0 aliphatic carbocycles. The molecule has 0 aliphatic rings. The third-order valence-electron chi connectivity index (χ3n) is 2.94. The van der Waals surface area contributed by atoms with Gasteiger partial charge in [-0.05, 0) is 13.3 Å². The maximum Gasteiger partial charge on any atom is 0.226 e. The van der Waals surface area contributed by atoms with Gasteiger partial charge in [-0.3, -0.25) is 0 Å². The van der Waals surface area contributed by atoms with E-state index in [0.29, 0.717) is 17.6 Å². The van der Waals surface area contributed by atoms with Crippen LogP contribution in [0.25, 0.3) is 0 Å². The van der Waals surface area contributed by atoms with Crippen LogP contribution >= 0.6 is 0 Å². The zero-order chi connectivity index (χ0) is 14.0. The summed E-state index contributed by atoms with van der Waals surface area (Å²) in [5.74, 6) is 1.68. The van der Waals surface area contributed by atoms with Crippen LogP contribution in [0.1, 0.15) is 42.4 Å². The summed E-state index contributed by atoms with van der Waals surface area (Å²) in [5.41, 5.74) is 7.78. The topological polar surface area (TPSA) is 92.0 Å². The standard InChI is InChI=1S/C12H19N5O2/c1-5-6-8-14-11(16-19-8)10(13)9-7(2)15-17(3)12(9)18-4/h10H,5-6,13H2,1-4H3. The Morgan fingerprint density at radius 1 is 1.47 bits per heavy atom. The third kappa shape index (κ3) is 2.46. The van der Waals surface area contributed by atoms with Crippen LogP contribution in [0.5, 0.6) is 5.88 Å². The molecule has 0 radical (unpaired) electrons. The summed E-state index contributed by atoms with van der Waals surface area (Å²) in [7, 11) is 3.40. The van der Waals surface area contributed by atoms with Crippen LogP contribution in [-0.4, -0.2) is 27.0 Å². The van der Waals surface area contributed by atoms with E-state index >= 15 is 0 Å². The fourth-order valence-electron chi connectivity index (χ4n) is 2.09. The van der Waals surface area contributed by atoms with Gasteiger partial charge in [0, 0.05) is 13.5 Å². The Kier molecular flexibility index (Phi) is 3.84. The lowest BCUT2D eigenvalue weighted by Crippen LogP contribution is -2.15. The predicted octanol–water partition coefficient (Wildman–Crippen LogP) is 1.12. The van der Waals surface area contributed by atoms with Crippen molar-refractivity contribution in [2.45, 2.75) is 32.7 Å². The number of ether oxygens (including phenoxy) is 1. The molecule has 7 heteroatoms. The van der Waals surface area contributed by atoms with E-state index in [1.807, 2.05) is 6.92 Å². The summed E-state index contributed by atoms with van der Waals surface area (Å²) in [4.78, 5) is 4.31. The molecule has 7 nitrogen and oxygen atoms in total. The molecule has 0 spiro atoms. The van der Waals surface area contributed by atoms with Gasteiger partial charge in [0.2, 0.25) is 11.8 Å². The predicted molar refractivity (Wildman–Crippen MR) is 68.8 cm³/mol. The van der Waals surface area contributed by atoms with Crippen molar-refractivity contribution in [3.63, 3.8) is 0 Å². The van der Waals surface area contributed by atoms with E-state index < -0.39 is 6.04 Å². The second-order valence-corrected chi connectivity index (χ2v) is 4.41. The lowest BCUT2D eigenvalue weighted by Gasteiger charge is -2.09. The number of rotatable bonds is 5. The van der Waals surface area contributed by atoms with Gasteiger partial charge in [-0.25, -0.2) is 4.68 Å². The molecule has 1 unspecified atom stereocenters. The van der Waals surface area contributed by atoms with Gasteiger partial charge in [0.25, 0.3) is 0 Å². The Hall–Kier alpha value is -1.89. The summed E-state index contributed by atoms with van der Waals surface area (Å²) in [5, 5.41) is 8.23. The van der Waals surface area contributed by atoms with Crippen molar-refractivity contribution < 1.29 is 9.26 Å². The van der Waals surface area contributed by atoms with E-state index in [1.165, 1.54) is 0 Å². The molecule has 1 atom stereocenters. The maximum atomic E-state index is 6.20. The van der Waals surface area contributed by atoms with Crippen molar-refractivity contribution >= 4 is 0 Å². The van der Waals surface area contributed by atoms with Crippen molar-refractivity contribution in [1.29, 1.82) is 0 Å². The molecule has 2 aromatic heterocycles. The van der Waals surface area contributed by atoms with Gasteiger partial charge in [0.15, 0.2) is 5.82 Å². The van der Waals surface area contributed by atoms with Crippen LogP contribution in [0, 0.1) is 6.92 Å². The van der Waals surface area contributed by atoms with Crippen LogP contribution in [0.3, 0.4) is 0 Å². The molecule has 0 aliphatic heterocycles. The molecule has 2 heterocycles. The molecule has 19 heavy (non-hydrogen) atoms. The molecule has 0 bridgehead atoms. The lowest BCUT2D eigenvalue weighted by atomic mass is 10.1. The van der Waals surface area contributed by atoms with Gasteiger partial charge in [-0.15, -0.1) is 0 Å². The molecular formula is C12H19N5O2. The molecule has 0 aromatic carbocycles. The molecule has 0 saturated carbocycles. The monoisotopic (exact) mass is 265 g/mol. The first kappa shape index (κ1) is 13.5. The quantitative estimate of drug-likeness (QED) is 0.871. The van der Waals surface area contributed by atoms with E-state index in [1.54, 1.807) is 18.8 Å². The minimum atomic E-state index is -0.502. The van der Waals surface area contributed by atoms with Crippen molar-refractivity contribution in [3.8, 4) is 5.88 Å². The van der Waals surface area contributed by atoms with E-state index in [-0.39, 0.29) is 0 Å². The van der Waals surface area contributed by atoms with Crippen LogP contribution in [0.15, 0.2) is 4.52 Å².